The van der Waals surface area contributed by atoms with E-state index >= 15 is 0 Å². The van der Waals surface area contributed by atoms with Gasteiger partial charge in [-0.05, 0) is 26.0 Å². The minimum absolute atomic E-state index is 0.0218. The lowest BCUT2D eigenvalue weighted by molar-refractivity contribution is -0.384. The van der Waals surface area contributed by atoms with Gasteiger partial charge in [0.1, 0.15) is 11.9 Å². The maximum atomic E-state index is 11.1. The number of anilines is 1. The van der Waals surface area contributed by atoms with Crippen molar-refractivity contribution in [2.24, 2.45) is 0 Å². The van der Waals surface area contributed by atoms with Gasteiger partial charge in [-0.15, -0.1) is 0 Å². The van der Waals surface area contributed by atoms with Crippen molar-refractivity contribution in [2.45, 2.75) is 20.0 Å². The van der Waals surface area contributed by atoms with E-state index in [2.05, 4.69) is 15.3 Å². The molecule has 1 heterocycles. The van der Waals surface area contributed by atoms with Gasteiger partial charge in [0.2, 0.25) is 5.95 Å². The number of nitrogens with one attached hydrogen (secondary N) is 1. The predicted molar refractivity (Wildman–Crippen MR) is 79.4 cm³/mol. The molecule has 0 saturated carbocycles. The van der Waals surface area contributed by atoms with E-state index in [1.807, 2.05) is 13.8 Å². The van der Waals surface area contributed by atoms with E-state index in [4.69, 9.17) is 4.74 Å². The molecule has 0 unspecified atom stereocenters. The Morgan fingerprint density at radius 1 is 1.38 bits per heavy atom. The minimum atomic E-state index is -0.495. The average molecular weight is 288 g/mol. The lowest BCUT2D eigenvalue weighted by Gasteiger charge is -2.11. The van der Waals surface area contributed by atoms with Gasteiger partial charge in [-0.1, -0.05) is 12.1 Å². The highest BCUT2D eigenvalue weighted by Crippen LogP contribution is 2.30. The van der Waals surface area contributed by atoms with Gasteiger partial charge in [0, 0.05) is 12.6 Å². The molecule has 1 N–H and O–H groups in total. The normalized spacial score (nSPS) is 10.5. The van der Waals surface area contributed by atoms with Crippen LogP contribution in [0.5, 0.6) is 5.75 Å². The molecule has 21 heavy (non-hydrogen) atoms. The molecule has 2 rings (SSSR count). The van der Waals surface area contributed by atoms with Crippen molar-refractivity contribution in [3.63, 3.8) is 0 Å². The van der Waals surface area contributed by atoms with E-state index < -0.39 is 4.92 Å². The van der Waals surface area contributed by atoms with Crippen molar-refractivity contribution >= 4 is 11.6 Å². The van der Waals surface area contributed by atoms with E-state index in [0.29, 0.717) is 17.3 Å². The van der Waals surface area contributed by atoms with Crippen molar-refractivity contribution in [3.05, 3.63) is 40.6 Å². The van der Waals surface area contributed by atoms with Gasteiger partial charge in [-0.2, -0.15) is 0 Å². The standard InChI is InChI=1S/C14H16N4O3/c1-9(2)21-11-6-4-5-10(7-11)13-12(18(19)20)8-16-14(15-3)17-13/h4-9H,1-3H3,(H,15,16,17). The minimum Gasteiger partial charge on any atom is -0.491 e. The molecule has 0 aliphatic heterocycles. The third-order valence-electron chi connectivity index (χ3n) is 2.67. The molecule has 0 amide bonds. The van der Waals surface area contributed by atoms with Crippen LogP contribution in [-0.2, 0) is 0 Å². The number of benzene rings is 1. The maximum absolute atomic E-state index is 11.1. The number of aromatic nitrogens is 2. The monoisotopic (exact) mass is 288 g/mol. The maximum Gasteiger partial charge on any atom is 0.313 e. The summed E-state index contributed by atoms with van der Waals surface area (Å²) in [6.45, 7) is 3.83. The van der Waals surface area contributed by atoms with Crippen molar-refractivity contribution in [1.82, 2.24) is 9.97 Å². The highest BCUT2D eigenvalue weighted by atomic mass is 16.6. The van der Waals surface area contributed by atoms with Crippen molar-refractivity contribution in [3.8, 4) is 17.0 Å². The summed E-state index contributed by atoms with van der Waals surface area (Å²) in [6.07, 6.45) is 1.22. The lowest BCUT2D eigenvalue weighted by Crippen LogP contribution is -2.05. The summed E-state index contributed by atoms with van der Waals surface area (Å²) < 4.78 is 5.60. The van der Waals surface area contributed by atoms with Gasteiger partial charge in [0.15, 0.2) is 5.69 Å². The average Bonchev–Trinajstić information content (AvgIpc) is 2.46. The van der Waals surface area contributed by atoms with Crippen LogP contribution in [0.3, 0.4) is 0 Å². The molecule has 110 valence electrons. The molecule has 1 aromatic carbocycles. The van der Waals surface area contributed by atoms with Crippen LogP contribution in [0, 0.1) is 10.1 Å². The number of hydrogen-bond acceptors (Lipinski definition) is 6. The first kappa shape index (κ1) is 14.7. The molecule has 2 aromatic rings. The van der Waals surface area contributed by atoms with Crippen LogP contribution in [0.2, 0.25) is 0 Å². The Morgan fingerprint density at radius 2 is 2.14 bits per heavy atom. The molecule has 0 saturated heterocycles. The van der Waals surface area contributed by atoms with Crippen LogP contribution in [0.4, 0.5) is 11.6 Å². The summed E-state index contributed by atoms with van der Waals surface area (Å²) >= 11 is 0. The van der Waals surface area contributed by atoms with Crippen LogP contribution < -0.4 is 10.1 Å². The van der Waals surface area contributed by atoms with Gasteiger partial charge in [-0.3, -0.25) is 10.1 Å². The molecule has 0 atom stereocenters. The fraction of sp³-hybridized carbons (Fsp3) is 0.286. The van der Waals surface area contributed by atoms with Crippen LogP contribution in [-0.4, -0.2) is 28.0 Å². The van der Waals surface area contributed by atoms with E-state index in [9.17, 15) is 10.1 Å². The second kappa shape index (κ2) is 6.17. The molecule has 0 fully saturated rings. The Kier molecular flexibility index (Phi) is 4.32. The zero-order valence-corrected chi connectivity index (χ0v) is 12.0. The van der Waals surface area contributed by atoms with Crippen molar-refractivity contribution in [1.29, 1.82) is 0 Å². The molecule has 0 aliphatic carbocycles. The quantitative estimate of drug-likeness (QED) is 0.672. The van der Waals surface area contributed by atoms with Gasteiger partial charge in [0.25, 0.3) is 0 Å². The number of nitrogens with zero attached hydrogens (tertiary/aromatic N) is 3. The van der Waals surface area contributed by atoms with Crippen molar-refractivity contribution < 1.29 is 9.66 Å². The van der Waals surface area contributed by atoms with Gasteiger partial charge >= 0.3 is 5.69 Å². The zero-order chi connectivity index (χ0) is 15.4. The lowest BCUT2D eigenvalue weighted by atomic mass is 10.1. The van der Waals surface area contributed by atoms with Crippen LogP contribution >= 0.6 is 0 Å². The molecular formula is C14H16N4O3. The van der Waals surface area contributed by atoms with E-state index in [0.717, 1.165) is 0 Å². The summed E-state index contributed by atoms with van der Waals surface area (Å²) in [6, 6.07) is 7.06. The second-order valence-corrected chi connectivity index (χ2v) is 4.63. The zero-order valence-electron chi connectivity index (χ0n) is 12.0. The molecule has 0 spiro atoms. The Morgan fingerprint density at radius 3 is 2.76 bits per heavy atom. The Balaban J connectivity index is 2.51. The molecule has 1 aromatic heterocycles. The molecule has 0 radical (unpaired) electrons. The van der Waals surface area contributed by atoms with Gasteiger partial charge < -0.3 is 10.1 Å². The highest BCUT2D eigenvalue weighted by Gasteiger charge is 2.19. The topological polar surface area (TPSA) is 90.2 Å². The van der Waals surface area contributed by atoms with Crippen LogP contribution in [0.15, 0.2) is 30.5 Å². The van der Waals surface area contributed by atoms with Crippen LogP contribution in [0.25, 0.3) is 11.3 Å². The molecule has 0 aliphatic rings. The molecule has 7 heteroatoms. The van der Waals surface area contributed by atoms with Gasteiger partial charge in [0.05, 0.1) is 11.0 Å². The molecule has 0 bridgehead atoms. The highest BCUT2D eigenvalue weighted by molar-refractivity contribution is 5.71. The number of hydrogen-bond donors (Lipinski definition) is 1. The Hall–Kier alpha value is -2.70. The Bertz CT molecular complexity index is 658. The number of ether oxygens (including phenoxy) is 1. The first-order chi connectivity index (χ1) is 10.0. The first-order valence-electron chi connectivity index (χ1n) is 6.47. The van der Waals surface area contributed by atoms with E-state index in [1.165, 1.54) is 6.20 Å². The SMILES string of the molecule is CNc1ncc([N+](=O)[O-])c(-c2cccc(OC(C)C)c2)n1. The fourth-order valence-corrected chi connectivity index (χ4v) is 1.83. The smallest absolute Gasteiger partial charge is 0.313 e. The summed E-state index contributed by atoms with van der Waals surface area (Å²) in [5.41, 5.74) is 0.725. The van der Waals surface area contributed by atoms with E-state index in [-0.39, 0.29) is 17.5 Å². The summed E-state index contributed by atoms with van der Waals surface area (Å²) in [4.78, 5) is 18.7. The predicted octanol–water partition coefficient (Wildman–Crippen LogP) is 2.88. The first-order valence-corrected chi connectivity index (χ1v) is 6.47. The second-order valence-electron chi connectivity index (χ2n) is 4.63. The third-order valence-corrected chi connectivity index (χ3v) is 2.67. The Labute approximate surface area is 122 Å². The van der Waals surface area contributed by atoms with Crippen molar-refractivity contribution in [2.75, 3.05) is 12.4 Å². The summed E-state index contributed by atoms with van der Waals surface area (Å²) in [5.74, 6) is 0.965. The number of nitro groups is 1. The molecular weight excluding hydrogens is 272 g/mol. The summed E-state index contributed by atoms with van der Waals surface area (Å²) in [5, 5.41) is 13.9. The largest absolute Gasteiger partial charge is 0.491 e. The fourth-order valence-electron chi connectivity index (χ4n) is 1.83. The summed E-state index contributed by atoms with van der Waals surface area (Å²) in [7, 11) is 1.66. The number of rotatable bonds is 5. The van der Waals surface area contributed by atoms with Gasteiger partial charge in [-0.25, -0.2) is 9.97 Å². The third kappa shape index (κ3) is 3.44. The van der Waals surface area contributed by atoms with Crippen LogP contribution in [0.1, 0.15) is 13.8 Å². The molecule has 7 nitrogen and oxygen atoms in total. The van der Waals surface area contributed by atoms with E-state index in [1.54, 1.807) is 31.3 Å².